The number of unbranched alkanes of at least 4 members (excludes halogenated alkanes) is 3. The Balaban J connectivity index is 1.80. The third-order valence-electron chi connectivity index (χ3n) is 11.1. The van der Waals surface area contributed by atoms with E-state index in [1.807, 2.05) is 6.08 Å². The predicted octanol–water partition coefficient (Wildman–Crippen LogP) is 2.36. The van der Waals surface area contributed by atoms with E-state index in [1.54, 1.807) is 38.1 Å². The summed E-state index contributed by atoms with van der Waals surface area (Å²) in [5.74, 6) is -6.70. The number of hydrogen-bond acceptors (Lipinski definition) is 11. The molecule has 48 heavy (non-hydrogen) atoms. The first-order valence-electron chi connectivity index (χ1n) is 16.9. The maximum absolute atomic E-state index is 13.5. The molecule has 0 unspecified atom stereocenters. The molecule has 3 saturated carbocycles. The average molecular weight is 673 g/mol. The molecule has 11 nitrogen and oxygen atoms in total. The Labute approximate surface area is 282 Å². The molecule has 7 N–H and O–H groups in total. The van der Waals surface area contributed by atoms with Gasteiger partial charge in [-0.2, -0.15) is 0 Å². The van der Waals surface area contributed by atoms with Crippen molar-refractivity contribution in [3.05, 3.63) is 72.4 Å². The van der Waals surface area contributed by atoms with Crippen LogP contribution in [-0.2, 0) is 14.3 Å². The molecule has 0 heterocycles. The summed E-state index contributed by atoms with van der Waals surface area (Å²) < 4.78 is 11.2. The number of hydrogen-bond donors (Lipinski definition) is 7. The molecule has 266 valence electrons. The maximum Gasteiger partial charge on any atom is 0.338 e. The highest BCUT2D eigenvalue weighted by molar-refractivity contribution is 5.89. The minimum absolute atomic E-state index is 0.0627. The number of carbonyl (C=O) groups is 2. The van der Waals surface area contributed by atoms with Gasteiger partial charge in [0, 0.05) is 12.0 Å². The molecule has 0 saturated heterocycles. The number of ether oxygens (including phenoxy) is 2. The molecule has 0 aromatic heterocycles. The number of aliphatic hydroxyl groups excluding tert-OH is 3. The summed E-state index contributed by atoms with van der Waals surface area (Å²) in [5.41, 5.74) is -9.62. The first kappa shape index (κ1) is 37.9. The monoisotopic (exact) mass is 672 g/mol. The molecule has 1 aromatic rings. The van der Waals surface area contributed by atoms with Gasteiger partial charge in [0.25, 0.3) is 0 Å². The molecule has 0 radical (unpaired) electrons. The van der Waals surface area contributed by atoms with Crippen LogP contribution < -0.4 is 0 Å². The van der Waals surface area contributed by atoms with Crippen molar-refractivity contribution >= 4 is 11.9 Å². The molecule has 12 atom stereocenters. The van der Waals surface area contributed by atoms with Crippen LogP contribution >= 0.6 is 0 Å². The third kappa shape index (κ3) is 6.42. The van der Waals surface area contributed by atoms with Gasteiger partial charge in [-0.05, 0) is 62.1 Å². The SMILES string of the molecule is C=C(C)[C@]1(O)C[C@@H](C)[C@@]2(O)[C@H]([C@H]1OC(=O)c1ccccc1)[C@H](O)[C@](O)(COC(=O)C=CC=CCCCCC)[C@@H](O)[C@@]1(O)[C@H]2C[C@H](C)[C@@H]1O. The molecule has 1 aromatic carbocycles. The number of rotatable bonds is 11. The van der Waals surface area contributed by atoms with E-state index in [2.05, 4.69) is 13.5 Å². The average Bonchev–Trinajstić information content (AvgIpc) is 3.28. The summed E-state index contributed by atoms with van der Waals surface area (Å²) >= 11 is 0. The molecule has 0 bridgehead atoms. The fourth-order valence-electron chi connectivity index (χ4n) is 8.31. The molecule has 3 aliphatic carbocycles. The fraction of sp³-hybridized carbons (Fsp3) is 0.622. The molecular formula is C37H52O11. The Hall–Kier alpha value is -2.90. The summed E-state index contributed by atoms with van der Waals surface area (Å²) in [4.78, 5) is 26.2. The zero-order valence-corrected chi connectivity index (χ0v) is 28.2. The van der Waals surface area contributed by atoms with Crippen LogP contribution in [0.3, 0.4) is 0 Å². The molecule has 11 heteroatoms. The lowest BCUT2D eigenvalue weighted by atomic mass is 9.53. The Morgan fingerprint density at radius 2 is 1.65 bits per heavy atom. The Bertz CT molecular complexity index is 1380. The van der Waals surface area contributed by atoms with E-state index in [1.165, 1.54) is 25.1 Å². The minimum Gasteiger partial charge on any atom is -0.459 e. The molecule has 4 rings (SSSR count). The summed E-state index contributed by atoms with van der Waals surface area (Å²) in [6.07, 6.45) is 1.61. The Morgan fingerprint density at radius 3 is 2.27 bits per heavy atom. The van der Waals surface area contributed by atoms with Gasteiger partial charge in [0.1, 0.15) is 30.0 Å². The van der Waals surface area contributed by atoms with Crippen LogP contribution in [0.4, 0.5) is 0 Å². The molecule has 3 aliphatic rings. The number of esters is 2. The van der Waals surface area contributed by atoms with Crippen LogP contribution in [0.15, 0.2) is 66.8 Å². The highest BCUT2D eigenvalue weighted by Crippen LogP contribution is 2.62. The van der Waals surface area contributed by atoms with E-state index < -0.39 is 89.0 Å². The smallest absolute Gasteiger partial charge is 0.338 e. The molecular weight excluding hydrogens is 620 g/mol. The third-order valence-corrected chi connectivity index (χ3v) is 11.1. The number of aliphatic hydroxyl groups is 7. The highest BCUT2D eigenvalue weighted by atomic mass is 16.6. The van der Waals surface area contributed by atoms with Gasteiger partial charge >= 0.3 is 11.9 Å². The highest BCUT2D eigenvalue weighted by Gasteiger charge is 2.78. The summed E-state index contributed by atoms with van der Waals surface area (Å²) in [6.45, 7) is 9.58. The van der Waals surface area contributed by atoms with Gasteiger partial charge in [-0.1, -0.05) is 76.6 Å². The van der Waals surface area contributed by atoms with Crippen LogP contribution in [0.1, 0.15) is 76.6 Å². The largest absolute Gasteiger partial charge is 0.459 e. The van der Waals surface area contributed by atoms with Crippen molar-refractivity contribution in [2.24, 2.45) is 23.7 Å². The van der Waals surface area contributed by atoms with Gasteiger partial charge in [-0.3, -0.25) is 0 Å². The zero-order valence-electron chi connectivity index (χ0n) is 28.2. The van der Waals surface area contributed by atoms with Crippen LogP contribution in [0.2, 0.25) is 0 Å². The summed E-state index contributed by atoms with van der Waals surface area (Å²) in [5, 5.41) is 84.6. The lowest BCUT2D eigenvalue weighted by Crippen LogP contribution is -2.72. The molecule has 0 aliphatic heterocycles. The maximum atomic E-state index is 13.5. The van der Waals surface area contributed by atoms with Crippen molar-refractivity contribution in [3.63, 3.8) is 0 Å². The van der Waals surface area contributed by atoms with E-state index in [0.717, 1.165) is 31.8 Å². The van der Waals surface area contributed by atoms with Crippen LogP contribution in [-0.4, -0.2) is 101 Å². The van der Waals surface area contributed by atoms with Gasteiger partial charge < -0.3 is 45.2 Å². The Kier molecular flexibility index (Phi) is 11.5. The number of carbonyl (C=O) groups excluding carboxylic acids is 2. The van der Waals surface area contributed by atoms with Crippen molar-refractivity contribution in [2.45, 2.75) is 113 Å². The van der Waals surface area contributed by atoms with Gasteiger partial charge in [0.15, 0.2) is 5.60 Å². The van der Waals surface area contributed by atoms with E-state index >= 15 is 0 Å². The molecule has 0 amide bonds. The summed E-state index contributed by atoms with van der Waals surface area (Å²) in [7, 11) is 0. The number of benzene rings is 1. The lowest BCUT2D eigenvalue weighted by molar-refractivity contribution is -0.266. The van der Waals surface area contributed by atoms with Crippen molar-refractivity contribution < 1.29 is 54.8 Å². The van der Waals surface area contributed by atoms with Crippen LogP contribution in [0.25, 0.3) is 0 Å². The van der Waals surface area contributed by atoms with Crippen molar-refractivity contribution in [1.82, 2.24) is 0 Å². The van der Waals surface area contributed by atoms with Crippen LogP contribution in [0.5, 0.6) is 0 Å². The van der Waals surface area contributed by atoms with Crippen molar-refractivity contribution in [3.8, 4) is 0 Å². The van der Waals surface area contributed by atoms with Crippen molar-refractivity contribution in [1.29, 1.82) is 0 Å². The number of fused-ring (bicyclic) bond motifs is 3. The summed E-state index contributed by atoms with van der Waals surface area (Å²) in [6, 6.07) is 7.84. The molecule has 0 spiro atoms. The lowest BCUT2D eigenvalue weighted by Gasteiger charge is -2.58. The molecule has 3 fully saturated rings. The predicted molar refractivity (Wildman–Crippen MR) is 176 cm³/mol. The second kappa shape index (κ2) is 14.5. The quantitative estimate of drug-likeness (QED) is 0.0600. The zero-order chi connectivity index (χ0) is 35.7. The number of allylic oxidation sites excluding steroid dienone is 3. The van der Waals surface area contributed by atoms with Gasteiger partial charge in [0.2, 0.25) is 0 Å². The second-order valence-corrected chi connectivity index (χ2v) is 14.2. The fourth-order valence-corrected chi connectivity index (χ4v) is 8.31. The van der Waals surface area contributed by atoms with E-state index in [4.69, 9.17) is 9.47 Å². The first-order valence-corrected chi connectivity index (χ1v) is 16.9. The van der Waals surface area contributed by atoms with E-state index in [-0.39, 0.29) is 24.0 Å². The van der Waals surface area contributed by atoms with Crippen LogP contribution in [0, 0.1) is 23.7 Å². The van der Waals surface area contributed by atoms with Crippen molar-refractivity contribution in [2.75, 3.05) is 6.61 Å². The standard InChI is InChI=1S/C37H52O11/c1-6-7-8-9-10-11-15-18-27(38)47-21-35(44)30(40)28-31(48-32(41)25-16-13-12-14-17-25)34(43,22(2)3)20-24(5)36(28,45)26-19-23(4)29(39)37(26,46)33(35)42/h10-18,23-24,26,28-31,33,39-40,42-46H,2,6-9,19-21H2,1,3-5H3/t23-,24+,26-,28-,29-,30-,31+,33+,34+,35+,36-,37+/m0/s1. The first-order chi connectivity index (χ1) is 22.5. The topological polar surface area (TPSA) is 194 Å². The second-order valence-electron chi connectivity index (χ2n) is 14.2. The van der Waals surface area contributed by atoms with Gasteiger partial charge in [-0.25, -0.2) is 9.59 Å². The van der Waals surface area contributed by atoms with Gasteiger partial charge in [0.05, 0.1) is 29.3 Å². The Morgan fingerprint density at radius 1 is 0.979 bits per heavy atom. The van der Waals surface area contributed by atoms with E-state index in [9.17, 15) is 45.3 Å². The van der Waals surface area contributed by atoms with E-state index in [0.29, 0.717) is 0 Å². The van der Waals surface area contributed by atoms with Gasteiger partial charge in [-0.15, -0.1) is 0 Å². The normalized spacial score (nSPS) is 41.1. The minimum atomic E-state index is -2.93.